The van der Waals surface area contributed by atoms with Crippen molar-refractivity contribution in [3.8, 4) is 11.5 Å². The lowest BCUT2D eigenvalue weighted by atomic mass is 10.1. The Morgan fingerprint density at radius 3 is 2.13 bits per heavy atom. The second-order valence-corrected chi connectivity index (χ2v) is 5.96. The number of rotatable bonds is 8. The number of hydrogen-bond acceptors (Lipinski definition) is 5. The lowest BCUT2D eigenvalue weighted by molar-refractivity contribution is -0.149. The number of esters is 1. The molecular weight excluding hydrogens is 298 g/mol. The summed E-state index contributed by atoms with van der Waals surface area (Å²) in [6, 6.07) is 7.14. The van der Waals surface area contributed by atoms with Gasteiger partial charge in [0.1, 0.15) is 11.5 Å². The molecule has 1 amide bonds. The van der Waals surface area contributed by atoms with Crippen molar-refractivity contribution in [1.82, 2.24) is 5.32 Å². The van der Waals surface area contributed by atoms with Gasteiger partial charge in [0.25, 0.3) is 5.91 Å². The Morgan fingerprint density at radius 2 is 1.61 bits per heavy atom. The van der Waals surface area contributed by atoms with Crippen molar-refractivity contribution in [1.29, 1.82) is 0 Å². The van der Waals surface area contributed by atoms with Gasteiger partial charge in [-0.05, 0) is 52.0 Å². The van der Waals surface area contributed by atoms with E-state index in [-0.39, 0.29) is 31.1 Å². The zero-order valence-electron chi connectivity index (χ0n) is 14.2. The highest BCUT2D eigenvalue weighted by Gasteiger charge is 2.15. The van der Waals surface area contributed by atoms with Crippen LogP contribution in [0.25, 0.3) is 0 Å². The van der Waals surface area contributed by atoms with Crippen LogP contribution in [-0.4, -0.2) is 37.2 Å². The minimum Gasteiger partial charge on any atom is -0.494 e. The van der Waals surface area contributed by atoms with E-state index in [9.17, 15) is 9.59 Å². The van der Waals surface area contributed by atoms with E-state index in [0.717, 1.165) is 5.75 Å². The van der Waals surface area contributed by atoms with Crippen LogP contribution in [0.5, 0.6) is 11.5 Å². The SMILES string of the molecule is CCOc1ccc(OCCC(=O)OCC(=O)NC(C)(C)C)cc1. The molecule has 0 aliphatic rings. The zero-order valence-corrected chi connectivity index (χ0v) is 14.2. The molecule has 0 saturated heterocycles. The molecule has 0 aliphatic heterocycles. The average Bonchev–Trinajstić information content (AvgIpc) is 2.45. The van der Waals surface area contributed by atoms with Crippen LogP contribution < -0.4 is 14.8 Å². The largest absolute Gasteiger partial charge is 0.494 e. The van der Waals surface area contributed by atoms with Crippen LogP contribution >= 0.6 is 0 Å². The molecule has 0 fully saturated rings. The van der Waals surface area contributed by atoms with Crippen molar-refractivity contribution in [2.75, 3.05) is 19.8 Å². The van der Waals surface area contributed by atoms with Crippen LogP contribution in [0, 0.1) is 0 Å². The van der Waals surface area contributed by atoms with Gasteiger partial charge in [-0.25, -0.2) is 0 Å². The molecule has 1 N–H and O–H groups in total. The number of benzene rings is 1. The van der Waals surface area contributed by atoms with Gasteiger partial charge in [-0.1, -0.05) is 0 Å². The fourth-order valence-electron chi connectivity index (χ4n) is 1.72. The van der Waals surface area contributed by atoms with Crippen molar-refractivity contribution in [3.05, 3.63) is 24.3 Å². The first-order valence-electron chi connectivity index (χ1n) is 7.62. The summed E-state index contributed by atoms with van der Waals surface area (Å²) in [5.74, 6) is 0.620. The second kappa shape index (κ2) is 9.02. The maximum Gasteiger partial charge on any atom is 0.309 e. The van der Waals surface area contributed by atoms with E-state index in [1.165, 1.54) is 0 Å². The predicted octanol–water partition coefficient (Wildman–Crippen LogP) is 2.31. The lowest BCUT2D eigenvalue weighted by Gasteiger charge is -2.20. The summed E-state index contributed by atoms with van der Waals surface area (Å²) < 4.78 is 15.7. The third-order valence-electron chi connectivity index (χ3n) is 2.59. The molecule has 128 valence electrons. The monoisotopic (exact) mass is 323 g/mol. The van der Waals surface area contributed by atoms with E-state index < -0.39 is 5.97 Å². The standard InChI is InChI=1S/C17H25NO5/c1-5-21-13-6-8-14(9-7-13)22-11-10-16(20)23-12-15(19)18-17(2,3)4/h6-9H,5,10-12H2,1-4H3,(H,18,19). The van der Waals surface area contributed by atoms with E-state index in [4.69, 9.17) is 14.2 Å². The Hall–Kier alpha value is -2.24. The van der Waals surface area contributed by atoms with Gasteiger partial charge in [-0.15, -0.1) is 0 Å². The van der Waals surface area contributed by atoms with E-state index in [1.807, 2.05) is 27.7 Å². The Balaban J connectivity index is 2.22. The molecule has 0 atom stereocenters. The van der Waals surface area contributed by atoms with Gasteiger partial charge in [-0.3, -0.25) is 9.59 Å². The highest BCUT2D eigenvalue weighted by atomic mass is 16.5. The van der Waals surface area contributed by atoms with Gasteiger partial charge in [0.05, 0.1) is 19.6 Å². The normalized spacial score (nSPS) is 10.8. The number of hydrogen-bond donors (Lipinski definition) is 1. The smallest absolute Gasteiger partial charge is 0.309 e. The van der Waals surface area contributed by atoms with Crippen molar-refractivity contribution in [2.24, 2.45) is 0 Å². The van der Waals surface area contributed by atoms with E-state index in [0.29, 0.717) is 12.4 Å². The first-order chi connectivity index (χ1) is 10.8. The Kier molecular flexibility index (Phi) is 7.38. The highest BCUT2D eigenvalue weighted by molar-refractivity contribution is 5.81. The summed E-state index contributed by atoms with van der Waals surface area (Å²) in [6.45, 7) is 8.01. The van der Waals surface area contributed by atoms with Crippen LogP contribution in [0.15, 0.2) is 24.3 Å². The average molecular weight is 323 g/mol. The van der Waals surface area contributed by atoms with Crippen molar-refractivity contribution >= 4 is 11.9 Å². The first kappa shape index (κ1) is 18.8. The Labute approximate surface area is 137 Å². The number of carbonyl (C=O) groups excluding carboxylic acids is 2. The minimum absolute atomic E-state index is 0.0794. The predicted molar refractivity (Wildman–Crippen MR) is 86.6 cm³/mol. The van der Waals surface area contributed by atoms with Gasteiger partial charge in [-0.2, -0.15) is 0 Å². The maximum atomic E-state index is 11.5. The van der Waals surface area contributed by atoms with Crippen LogP contribution in [-0.2, 0) is 14.3 Å². The van der Waals surface area contributed by atoms with E-state index in [1.54, 1.807) is 24.3 Å². The van der Waals surface area contributed by atoms with Crippen LogP contribution in [0.1, 0.15) is 34.1 Å². The zero-order chi connectivity index (χ0) is 17.3. The molecule has 0 bridgehead atoms. The fourth-order valence-corrected chi connectivity index (χ4v) is 1.72. The van der Waals surface area contributed by atoms with Gasteiger partial charge < -0.3 is 19.5 Å². The molecule has 1 aromatic rings. The lowest BCUT2D eigenvalue weighted by Crippen LogP contribution is -2.42. The molecule has 0 unspecified atom stereocenters. The topological polar surface area (TPSA) is 73.9 Å². The molecule has 0 aromatic heterocycles. The molecule has 0 radical (unpaired) electrons. The quantitative estimate of drug-likeness (QED) is 0.743. The molecule has 6 nitrogen and oxygen atoms in total. The third-order valence-corrected chi connectivity index (χ3v) is 2.59. The Bertz CT molecular complexity index is 505. The molecule has 0 saturated carbocycles. The number of nitrogens with one attached hydrogen (secondary N) is 1. The highest BCUT2D eigenvalue weighted by Crippen LogP contribution is 2.17. The molecule has 6 heteroatoms. The number of carbonyl (C=O) groups is 2. The second-order valence-electron chi connectivity index (χ2n) is 5.96. The number of amides is 1. The summed E-state index contributed by atoms with van der Waals surface area (Å²) >= 11 is 0. The summed E-state index contributed by atoms with van der Waals surface area (Å²) in [6.07, 6.45) is 0.0794. The van der Waals surface area contributed by atoms with Gasteiger partial charge in [0, 0.05) is 5.54 Å². The van der Waals surface area contributed by atoms with Gasteiger partial charge >= 0.3 is 5.97 Å². The van der Waals surface area contributed by atoms with Crippen molar-refractivity contribution in [3.63, 3.8) is 0 Å². The summed E-state index contributed by atoms with van der Waals surface area (Å²) in [7, 11) is 0. The van der Waals surface area contributed by atoms with Crippen LogP contribution in [0.4, 0.5) is 0 Å². The molecular formula is C17H25NO5. The minimum atomic E-state index is -0.472. The fraction of sp³-hybridized carbons (Fsp3) is 0.529. The van der Waals surface area contributed by atoms with Gasteiger partial charge in [0.2, 0.25) is 0 Å². The molecule has 1 rings (SSSR count). The van der Waals surface area contributed by atoms with Crippen molar-refractivity contribution < 1.29 is 23.8 Å². The summed E-state index contributed by atoms with van der Waals surface area (Å²) in [4.78, 5) is 23.1. The summed E-state index contributed by atoms with van der Waals surface area (Å²) in [5, 5.41) is 2.71. The molecule has 1 aromatic carbocycles. The van der Waals surface area contributed by atoms with E-state index in [2.05, 4.69) is 5.32 Å². The van der Waals surface area contributed by atoms with Crippen LogP contribution in [0.3, 0.4) is 0 Å². The van der Waals surface area contributed by atoms with Crippen molar-refractivity contribution in [2.45, 2.75) is 39.7 Å². The maximum absolute atomic E-state index is 11.5. The van der Waals surface area contributed by atoms with Gasteiger partial charge in [0.15, 0.2) is 6.61 Å². The third kappa shape index (κ3) is 8.70. The van der Waals surface area contributed by atoms with Crippen LogP contribution in [0.2, 0.25) is 0 Å². The summed E-state index contributed by atoms with van der Waals surface area (Å²) in [5.41, 5.74) is -0.347. The molecule has 0 heterocycles. The molecule has 0 spiro atoms. The Morgan fingerprint density at radius 1 is 1.04 bits per heavy atom. The first-order valence-corrected chi connectivity index (χ1v) is 7.62. The molecule has 0 aliphatic carbocycles. The molecule has 23 heavy (non-hydrogen) atoms. The van der Waals surface area contributed by atoms with E-state index >= 15 is 0 Å². The number of ether oxygens (including phenoxy) is 3.